The smallest absolute Gasteiger partial charge is 0.404 e. The van der Waals surface area contributed by atoms with Crippen LogP contribution in [-0.4, -0.2) is 23.4 Å². The zero-order chi connectivity index (χ0) is 9.14. The molecule has 3 N–H and O–H groups in total. The second kappa shape index (κ2) is 3.76. The van der Waals surface area contributed by atoms with Gasteiger partial charge in [0, 0.05) is 6.42 Å². The van der Waals surface area contributed by atoms with E-state index in [1.165, 1.54) is 0 Å². The molecule has 4 nitrogen and oxygen atoms in total. The van der Waals surface area contributed by atoms with Crippen LogP contribution in [0.1, 0.15) is 26.2 Å². The molecule has 0 saturated heterocycles. The van der Waals surface area contributed by atoms with Gasteiger partial charge in [0.05, 0.1) is 6.10 Å². The van der Waals surface area contributed by atoms with Crippen LogP contribution in [0.2, 0.25) is 0 Å². The minimum absolute atomic E-state index is 0.193. The first-order chi connectivity index (χ1) is 5.58. The average Bonchev–Trinajstić information content (AvgIpc) is 1.81. The zero-order valence-corrected chi connectivity index (χ0v) is 7.19. The Balaban J connectivity index is 2.38. The number of ether oxygens (including phenoxy) is 1. The fraction of sp³-hybridized carbons (Fsp3) is 0.875. The topological polar surface area (TPSA) is 72.6 Å². The number of primary amides is 1. The Morgan fingerprint density at radius 1 is 1.50 bits per heavy atom. The van der Waals surface area contributed by atoms with Crippen molar-refractivity contribution in [2.45, 2.75) is 38.4 Å². The lowest BCUT2D eigenvalue weighted by Crippen LogP contribution is -2.33. The Morgan fingerprint density at radius 3 is 2.67 bits per heavy atom. The van der Waals surface area contributed by atoms with Crippen LogP contribution in [0, 0.1) is 5.92 Å². The van der Waals surface area contributed by atoms with Crippen molar-refractivity contribution < 1.29 is 14.6 Å². The highest BCUT2D eigenvalue weighted by atomic mass is 16.6. The molecule has 3 atom stereocenters. The van der Waals surface area contributed by atoms with E-state index in [9.17, 15) is 9.90 Å². The molecule has 0 heterocycles. The fourth-order valence-corrected chi connectivity index (χ4v) is 1.77. The molecule has 0 aliphatic heterocycles. The van der Waals surface area contributed by atoms with E-state index >= 15 is 0 Å². The summed E-state index contributed by atoms with van der Waals surface area (Å²) in [6.45, 7) is 2.03. The van der Waals surface area contributed by atoms with Crippen LogP contribution >= 0.6 is 0 Å². The lowest BCUT2D eigenvalue weighted by molar-refractivity contribution is 0.00810. The fourth-order valence-electron chi connectivity index (χ4n) is 1.77. The second-order valence-corrected chi connectivity index (χ2v) is 3.52. The van der Waals surface area contributed by atoms with E-state index in [0.717, 1.165) is 12.8 Å². The lowest BCUT2D eigenvalue weighted by atomic mass is 9.87. The molecule has 0 aromatic rings. The van der Waals surface area contributed by atoms with Crippen LogP contribution in [0.3, 0.4) is 0 Å². The van der Waals surface area contributed by atoms with Gasteiger partial charge in [-0.15, -0.1) is 0 Å². The van der Waals surface area contributed by atoms with Crippen molar-refractivity contribution in [3.8, 4) is 0 Å². The predicted octanol–water partition coefficient (Wildman–Crippen LogP) is 0.631. The third-order valence-electron chi connectivity index (χ3n) is 2.16. The molecule has 12 heavy (non-hydrogen) atoms. The van der Waals surface area contributed by atoms with Crippen molar-refractivity contribution in [3.63, 3.8) is 0 Å². The van der Waals surface area contributed by atoms with Gasteiger partial charge < -0.3 is 15.6 Å². The third-order valence-corrected chi connectivity index (χ3v) is 2.16. The van der Waals surface area contributed by atoms with Gasteiger partial charge in [0.2, 0.25) is 0 Å². The number of rotatable bonds is 1. The van der Waals surface area contributed by atoms with Gasteiger partial charge in [0.25, 0.3) is 0 Å². The van der Waals surface area contributed by atoms with Gasteiger partial charge in [-0.2, -0.15) is 0 Å². The molecule has 0 aromatic carbocycles. The molecule has 0 aromatic heterocycles. The Kier molecular flexibility index (Phi) is 2.92. The lowest BCUT2D eigenvalue weighted by Gasteiger charge is -2.29. The van der Waals surface area contributed by atoms with E-state index in [4.69, 9.17) is 10.5 Å². The zero-order valence-electron chi connectivity index (χ0n) is 7.19. The molecule has 1 fully saturated rings. The summed E-state index contributed by atoms with van der Waals surface area (Å²) in [6.07, 6.45) is 0.826. The molecule has 0 bridgehead atoms. The van der Waals surface area contributed by atoms with Crippen molar-refractivity contribution in [2.24, 2.45) is 11.7 Å². The van der Waals surface area contributed by atoms with Crippen LogP contribution in [0.5, 0.6) is 0 Å². The molecule has 1 aliphatic rings. The molecule has 1 rings (SSSR count). The standard InChI is InChI=1S/C8H15NO3/c1-5-2-6(10)4-7(3-5)12-8(9)11/h5-7,10H,2-4H2,1H3,(H2,9,11). The van der Waals surface area contributed by atoms with E-state index in [-0.39, 0.29) is 12.2 Å². The maximum atomic E-state index is 10.4. The quantitative estimate of drug-likeness (QED) is 0.611. The summed E-state index contributed by atoms with van der Waals surface area (Å²) >= 11 is 0. The summed E-state index contributed by atoms with van der Waals surface area (Å²) in [7, 11) is 0. The first kappa shape index (κ1) is 9.32. The monoisotopic (exact) mass is 173 g/mol. The van der Waals surface area contributed by atoms with Crippen molar-refractivity contribution in [1.82, 2.24) is 0 Å². The minimum Gasteiger partial charge on any atom is -0.446 e. The number of hydrogen-bond donors (Lipinski definition) is 2. The molecular formula is C8H15NO3. The Hall–Kier alpha value is -0.770. The number of aliphatic hydroxyl groups excluding tert-OH is 1. The van der Waals surface area contributed by atoms with Gasteiger partial charge >= 0.3 is 6.09 Å². The SMILES string of the molecule is CC1CC(O)CC(OC(N)=O)C1. The van der Waals surface area contributed by atoms with Gasteiger partial charge in [0.15, 0.2) is 0 Å². The van der Waals surface area contributed by atoms with Gasteiger partial charge in [-0.1, -0.05) is 6.92 Å². The number of carbonyl (C=O) groups is 1. The number of amides is 1. The largest absolute Gasteiger partial charge is 0.446 e. The van der Waals surface area contributed by atoms with E-state index in [1.807, 2.05) is 6.92 Å². The van der Waals surface area contributed by atoms with E-state index < -0.39 is 6.09 Å². The predicted molar refractivity (Wildman–Crippen MR) is 43.5 cm³/mol. The summed E-state index contributed by atoms with van der Waals surface area (Å²) in [5.41, 5.74) is 4.87. The molecule has 4 heteroatoms. The number of hydrogen-bond acceptors (Lipinski definition) is 3. The summed E-state index contributed by atoms with van der Waals surface area (Å²) in [4.78, 5) is 10.4. The number of aliphatic hydroxyl groups is 1. The molecular weight excluding hydrogens is 158 g/mol. The Bertz CT molecular complexity index is 162. The van der Waals surface area contributed by atoms with Crippen LogP contribution in [-0.2, 0) is 4.74 Å². The maximum absolute atomic E-state index is 10.4. The summed E-state index contributed by atoms with van der Waals surface area (Å²) in [5, 5.41) is 9.33. The van der Waals surface area contributed by atoms with Crippen molar-refractivity contribution in [3.05, 3.63) is 0 Å². The van der Waals surface area contributed by atoms with Crippen LogP contribution in [0.15, 0.2) is 0 Å². The van der Waals surface area contributed by atoms with Crippen molar-refractivity contribution >= 4 is 6.09 Å². The highest BCUT2D eigenvalue weighted by molar-refractivity contribution is 5.64. The van der Waals surface area contributed by atoms with Gasteiger partial charge in [-0.05, 0) is 18.8 Å². The summed E-state index contributed by atoms with van der Waals surface area (Å²) < 4.78 is 4.81. The molecule has 1 saturated carbocycles. The maximum Gasteiger partial charge on any atom is 0.404 e. The number of nitrogens with two attached hydrogens (primary N) is 1. The summed E-state index contributed by atoms with van der Waals surface area (Å²) in [5.74, 6) is 0.401. The molecule has 1 aliphatic carbocycles. The third kappa shape index (κ3) is 2.70. The highest BCUT2D eigenvalue weighted by Crippen LogP contribution is 2.25. The molecule has 0 radical (unpaired) electrons. The van der Waals surface area contributed by atoms with Crippen LogP contribution < -0.4 is 5.73 Å². The normalized spacial score (nSPS) is 36.0. The van der Waals surface area contributed by atoms with E-state index in [0.29, 0.717) is 12.3 Å². The van der Waals surface area contributed by atoms with Gasteiger partial charge in [0.1, 0.15) is 6.10 Å². The van der Waals surface area contributed by atoms with Gasteiger partial charge in [-0.25, -0.2) is 4.79 Å². The molecule has 70 valence electrons. The number of carbonyl (C=O) groups excluding carboxylic acids is 1. The van der Waals surface area contributed by atoms with E-state index in [2.05, 4.69) is 0 Å². The Morgan fingerprint density at radius 2 is 2.17 bits per heavy atom. The Labute approximate surface area is 71.7 Å². The van der Waals surface area contributed by atoms with Crippen molar-refractivity contribution in [2.75, 3.05) is 0 Å². The van der Waals surface area contributed by atoms with Gasteiger partial charge in [-0.3, -0.25) is 0 Å². The second-order valence-electron chi connectivity index (χ2n) is 3.52. The summed E-state index contributed by atoms with van der Waals surface area (Å²) in [6, 6.07) is 0. The van der Waals surface area contributed by atoms with Crippen molar-refractivity contribution in [1.29, 1.82) is 0 Å². The minimum atomic E-state index is -0.749. The average molecular weight is 173 g/mol. The highest BCUT2D eigenvalue weighted by Gasteiger charge is 2.26. The van der Waals surface area contributed by atoms with E-state index in [1.54, 1.807) is 0 Å². The van der Waals surface area contributed by atoms with Crippen LogP contribution in [0.4, 0.5) is 4.79 Å². The first-order valence-electron chi connectivity index (χ1n) is 4.22. The van der Waals surface area contributed by atoms with Crippen LogP contribution in [0.25, 0.3) is 0 Å². The first-order valence-corrected chi connectivity index (χ1v) is 4.22. The molecule has 0 spiro atoms. The molecule has 3 unspecified atom stereocenters. The molecule has 1 amide bonds.